The Morgan fingerprint density at radius 3 is 2.43 bits per heavy atom. The Labute approximate surface area is 134 Å². The Hall–Kier alpha value is -3.07. The summed E-state index contributed by atoms with van der Waals surface area (Å²) in [6, 6.07) is 24.6. The molecular weight excluding hydrogens is 284 g/mol. The van der Waals surface area contributed by atoms with E-state index >= 15 is 0 Å². The molecule has 0 saturated carbocycles. The summed E-state index contributed by atoms with van der Waals surface area (Å²) >= 11 is 0. The number of methoxy groups -OCH3 is 1. The maximum absolute atomic E-state index is 5.48. The highest BCUT2D eigenvalue weighted by Gasteiger charge is 2.11. The molecule has 0 amide bonds. The van der Waals surface area contributed by atoms with Crippen molar-refractivity contribution in [3.05, 3.63) is 72.8 Å². The average Bonchev–Trinajstić information content (AvgIpc) is 3.05. The smallest absolute Gasteiger partial charge is 0.126 e. The lowest BCUT2D eigenvalue weighted by Gasteiger charge is -2.08. The Balaban J connectivity index is 1.91. The molecule has 0 fully saturated rings. The molecule has 0 saturated heterocycles. The van der Waals surface area contributed by atoms with Gasteiger partial charge in [-0.25, -0.2) is 0 Å². The second kappa shape index (κ2) is 5.61. The van der Waals surface area contributed by atoms with Crippen molar-refractivity contribution < 1.29 is 4.74 Å². The van der Waals surface area contributed by atoms with E-state index in [4.69, 9.17) is 4.74 Å². The quantitative estimate of drug-likeness (QED) is 0.584. The first kappa shape index (κ1) is 13.6. The molecule has 0 bridgehead atoms. The molecule has 3 aromatic carbocycles. The second-order valence-electron chi connectivity index (χ2n) is 5.40. The SMILES string of the molecule is COc1ccccc1-c1ccc2[nH]nc(-c3ccccc3)c2c1. The largest absolute Gasteiger partial charge is 0.496 e. The summed E-state index contributed by atoms with van der Waals surface area (Å²) in [7, 11) is 1.70. The number of aromatic amines is 1. The number of aromatic nitrogens is 2. The summed E-state index contributed by atoms with van der Waals surface area (Å²) in [5, 5.41) is 8.71. The summed E-state index contributed by atoms with van der Waals surface area (Å²) in [6.07, 6.45) is 0. The summed E-state index contributed by atoms with van der Waals surface area (Å²) in [5.74, 6) is 0.872. The minimum Gasteiger partial charge on any atom is -0.496 e. The highest BCUT2D eigenvalue weighted by molar-refractivity contribution is 5.96. The average molecular weight is 300 g/mol. The standard InChI is InChI=1S/C20H16N2O/c1-23-19-10-6-5-9-16(19)15-11-12-18-17(13-15)20(22-21-18)14-7-3-2-4-8-14/h2-13H,1H3,(H,21,22). The molecule has 0 aliphatic rings. The number of fused-ring (bicyclic) bond motifs is 1. The van der Waals surface area contributed by atoms with Gasteiger partial charge in [0.15, 0.2) is 0 Å². The first-order chi connectivity index (χ1) is 11.4. The predicted molar refractivity (Wildman–Crippen MR) is 93.5 cm³/mol. The van der Waals surface area contributed by atoms with E-state index in [-0.39, 0.29) is 0 Å². The van der Waals surface area contributed by atoms with Crippen LogP contribution in [0, 0.1) is 0 Å². The third kappa shape index (κ3) is 2.36. The molecule has 1 N–H and O–H groups in total. The second-order valence-corrected chi connectivity index (χ2v) is 5.40. The van der Waals surface area contributed by atoms with Crippen LogP contribution in [0.1, 0.15) is 0 Å². The Morgan fingerprint density at radius 1 is 0.826 bits per heavy atom. The van der Waals surface area contributed by atoms with Crippen LogP contribution in [0.5, 0.6) is 5.75 Å². The molecule has 3 nitrogen and oxygen atoms in total. The van der Waals surface area contributed by atoms with E-state index in [9.17, 15) is 0 Å². The van der Waals surface area contributed by atoms with Gasteiger partial charge in [-0.2, -0.15) is 5.10 Å². The molecule has 3 heteroatoms. The minimum atomic E-state index is 0.872. The number of nitrogens with zero attached hydrogens (tertiary/aromatic N) is 1. The van der Waals surface area contributed by atoms with Crippen molar-refractivity contribution in [2.24, 2.45) is 0 Å². The van der Waals surface area contributed by atoms with Gasteiger partial charge in [-0.1, -0.05) is 54.6 Å². The monoisotopic (exact) mass is 300 g/mol. The van der Waals surface area contributed by atoms with Crippen LogP contribution < -0.4 is 4.74 Å². The maximum Gasteiger partial charge on any atom is 0.126 e. The number of hydrogen-bond donors (Lipinski definition) is 1. The van der Waals surface area contributed by atoms with Gasteiger partial charge in [0.2, 0.25) is 0 Å². The van der Waals surface area contributed by atoms with Gasteiger partial charge in [0.1, 0.15) is 5.75 Å². The summed E-state index contributed by atoms with van der Waals surface area (Å²) in [5.41, 5.74) is 5.31. The zero-order chi connectivity index (χ0) is 15.6. The summed E-state index contributed by atoms with van der Waals surface area (Å²) in [6.45, 7) is 0. The molecule has 4 aromatic rings. The Morgan fingerprint density at radius 2 is 1.61 bits per heavy atom. The molecule has 0 atom stereocenters. The fourth-order valence-electron chi connectivity index (χ4n) is 2.88. The van der Waals surface area contributed by atoms with E-state index in [1.165, 1.54) is 0 Å². The number of ether oxygens (including phenoxy) is 1. The molecule has 0 radical (unpaired) electrons. The van der Waals surface area contributed by atoms with E-state index in [0.717, 1.165) is 39.0 Å². The summed E-state index contributed by atoms with van der Waals surface area (Å²) in [4.78, 5) is 0. The normalized spacial score (nSPS) is 10.8. The lowest BCUT2D eigenvalue weighted by Crippen LogP contribution is -1.87. The molecule has 0 unspecified atom stereocenters. The molecule has 1 aromatic heterocycles. The Kier molecular flexibility index (Phi) is 3.31. The summed E-state index contributed by atoms with van der Waals surface area (Å²) < 4.78 is 5.48. The zero-order valence-corrected chi connectivity index (χ0v) is 12.8. The van der Waals surface area contributed by atoms with Crippen LogP contribution in [-0.4, -0.2) is 17.3 Å². The number of rotatable bonds is 3. The highest BCUT2D eigenvalue weighted by atomic mass is 16.5. The fourth-order valence-corrected chi connectivity index (χ4v) is 2.88. The molecule has 0 aliphatic carbocycles. The number of benzene rings is 3. The number of para-hydroxylation sites is 1. The van der Waals surface area contributed by atoms with Crippen molar-refractivity contribution in [2.45, 2.75) is 0 Å². The molecule has 0 spiro atoms. The van der Waals surface area contributed by atoms with Gasteiger partial charge in [0.25, 0.3) is 0 Å². The van der Waals surface area contributed by atoms with Crippen molar-refractivity contribution in [1.82, 2.24) is 10.2 Å². The number of hydrogen-bond acceptors (Lipinski definition) is 2. The fraction of sp³-hybridized carbons (Fsp3) is 0.0500. The van der Waals surface area contributed by atoms with E-state index in [0.29, 0.717) is 0 Å². The van der Waals surface area contributed by atoms with E-state index in [1.54, 1.807) is 7.11 Å². The zero-order valence-electron chi connectivity index (χ0n) is 12.8. The Bertz CT molecular complexity index is 958. The van der Waals surface area contributed by atoms with Crippen LogP contribution in [-0.2, 0) is 0 Å². The van der Waals surface area contributed by atoms with Gasteiger partial charge in [0, 0.05) is 16.5 Å². The number of nitrogens with one attached hydrogen (secondary N) is 1. The minimum absolute atomic E-state index is 0.872. The third-order valence-corrected chi connectivity index (χ3v) is 4.03. The first-order valence-corrected chi connectivity index (χ1v) is 7.54. The molecule has 1 heterocycles. The van der Waals surface area contributed by atoms with Gasteiger partial charge < -0.3 is 4.74 Å². The molecule has 23 heavy (non-hydrogen) atoms. The van der Waals surface area contributed by atoms with Gasteiger partial charge >= 0.3 is 0 Å². The molecule has 0 aliphatic heterocycles. The lowest BCUT2D eigenvalue weighted by atomic mass is 10.0. The number of H-pyrrole nitrogens is 1. The van der Waals surface area contributed by atoms with Gasteiger partial charge in [-0.3, -0.25) is 5.10 Å². The van der Waals surface area contributed by atoms with Crippen LogP contribution in [0.25, 0.3) is 33.3 Å². The third-order valence-electron chi connectivity index (χ3n) is 4.03. The lowest BCUT2D eigenvalue weighted by molar-refractivity contribution is 0.416. The predicted octanol–water partition coefficient (Wildman–Crippen LogP) is 4.91. The van der Waals surface area contributed by atoms with Crippen LogP contribution in [0.3, 0.4) is 0 Å². The van der Waals surface area contributed by atoms with Gasteiger partial charge in [-0.05, 0) is 23.8 Å². The van der Waals surface area contributed by atoms with Crippen LogP contribution >= 0.6 is 0 Å². The van der Waals surface area contributed by atoms with Crippen LogP contribution in [0.4, 0.5) is 0 Å². The van der Waals surface area contributed by atoms with Crippen molar-refractivity contribution in [3.63, 3.8) is 0 Å². The molecule has 112 valence electrons. The van der Waals surface area contributed by atoms with Crippen molar-refractivity contribution >= 4 is 10.9 Å². The first-order valence-electron chi connectivity index (χ1n) is 7.54. The van der Waals surface area contributed by atoms with E-state index in [2.05, 4.69) is 46.6 Å². The van der Waals surface area contributed by atoms with E-state index in [1.807, 2.05) is 36.4 Å². The van der Waals surface area contributed by atoms with Crippen molar-refractivity contribution in [2.75, 3.05) is 7.11 Å². The highest BCUT2D eigenvalue weighted by Crippen LogP contribution is 2.34. The van der Waals surface area contributed by atoms with Crippen molar-refractivity contribution in [1.29, 1.82) is 0 Å². The van der Waals surface area contributed by atoms with Crippen LogP contribution in [0.15, 0.2) is 72.8 Å². The van der Waals surface area contributed by atoms with Gasteiger partial charge in [-0.15, -0.1) is 0 Å². The molecule has 4 rings (SSSR count). The van der Waals surface area contributed by atoms with Gasteiger partial charge in [0.05, 0.1) is 18.3 Å². The van der Waals surface area contributed by atoms with E-state index < -0.39 is 0 Å². The maximum atomic E-state index is 5.48. The van der Waals surface area contributed by atoms with Crippen molar-refractivity contribution in [3.8, 4) is 28.1 Å². The topological polar surface area (TPSA) is 37.9 Å². The molecular formula is C20H16N2O. The van der Waals surface area contributed by atoms with Crippen LogP contribution in [0.2, 0.25) is 0 Å².